The molecule has 112 valence electrons. The molecule has 1 saturated heterocycles. The third-order valence-corrected chi connectivity index (χ3v) is 4.80. The summed E-state index contributed by atoms with van der Waals surface area (Å²) in [6, 6.07) is 1.59. The van der Waals surface area contributed by atoms with E-state index >= 15 is 0 Å². The minimum Gasteiger partial charge on any atom is -0.311 e. The van der Waals surface area contributed by atoms with E-state index in [2.05, 4.69) is 31.0 Å². The van der Waals surface area contributed by atoms with E-state index in [0.29, 0.717) is 0 Å². The number of hydrogen-bond acceptors (Lipinski definition) is 2. The molecule has 2 nitrogen and oxygen atoms in total. The van der Waals surface area contributed by atoms with Crippen molar-refractivity contribution in [3.8, 4) is 0 Å². The smallest absolute Gasteiger partial charge is 0.0224 e. The van der Waals surface area contributed by atoms with Gasteiger partial charge in [-0.15, -0.1) is 0 Å². The molecule has 1 heterocycles. The summed E-state index contributed by atoms with van der Waals surface area (Å²) in [6.45, 7) is 10.9. The van der Waals surface area contributed by atoms with Crippen molar-refractivity contribution in [2.45, 2.75) is 77.8 Å². The van der Waals surface area contributed by atoms with Gasteiger partial charge in [-0.2, -0.15) is 0 Å². The Morgan fingerprint density at radius 1 is 1.16 bits per heavy atom. The van der Waals surface area contributed by atoms with E-state index in [-0.39, 0.29) is 0 Å². The van der Waals surface area contributed by atoms with Crippen LogP contribution in [-0.4, -0.2) is 36.6 Å². The molecule has 2 fully saturated rings. The van der Waals surface area contributed by atoms with Gasteiger partial charge in [0.25, 0.3) is 0 Å². The summed E-state index contributed by atoms with van der Waals surface area (Å²) in [5.74, 6) is 1.82. The molecule has 1 saturated carbocycles. The fourth-order valence-electron chi connectivity index (χ4n) is 3.49. The molecule has 0 radical (unpaired) electrons. The van der Waals surface area contributed by atoms with Gasteiger partial charge < -0.3 is 5.32 Å². The highest BCUT2D eigenvalue weighted by Crippen LogP contribution is 2.34. The first-order valence-corrected chi connectivity index (χ1v) is 8.68. The van der Waals surface area contributed by atoms with E-state index < -0.39 is 0 Å². The van der Waals surface area contributed by atoms with Crippen molar-refractivity contribution in [2.24, 2.45) is 11.8 Å². The summed E-state index contributed by atoms with van der Waals surface area (Å²) in [5, 5.41) is 3.83. The number of nitrogens with one attached hydrogen (secondary N) is 1. The molecule has 1 aliphatic heterocycles. The highest BCUT2D eigenvalue weighted by Gasteiger charge is 2.36. The van der Waals surface area contributed by atoms with Crippen LogP contribution in [-0.2, 0) is 0 Å². The molecule has 1 N–H and O–H groups in total. The minimum atomic E-state index is 0.789. The van der Waals surface area contributed by atoms with E-state index in [1.807, 2.05) is 0 Å². The second-order valence-electron chi connectivity index (χ2n) is 7.19. The standard InChI is InChI=1S/C17H34N2/c1-4-5-6-7-10-19-13-17(15-8-9-15)18-12-16(19)11-14(2)3/h14-18H,4-13H2,1-3H3. The molecule has 0 aromatic carbocycles. The van der Waals surface area contributed by atoms with E-state index in [1.54, 1.807) is 0 Å². The van der Waals surface area contributed by atoms with Crippen LogP contribution in [0.2, 0.25) is 0 Å². The monoisotopic (exact) mass is 266 g/mol. The van der Waals surface area contributed by atoms with Crippen LogP contribution in [0, 0.1) is 11.8 Å². The summed E-state index contributed by atoms with van der Waals surface area (Å²) in [7, 11) is 0. The fourth-order valence-corrected chi connectivity index (χ4v) is 3.49. The molecule has 0 spiro atoms. The Morgan fingerprint density at radius 3 is 2.58 bits per heavy atom. The molecule has 2 unspecified atom stereocenters. The van der Waals surface area contributed by atoms with Crippen LogP contribution in [0.3, 0.4) is 0 Å². The van der Waals surface area contributed by atoms with Gasteiger partial charge >= 0.3 is 0 Å². The Hall–Kier alpha value is -0.0800. The highest BCUT2D eigenvalue weighted by molar-refractivity contribution is 4.94. The van der Waals surface area contributed by atoms with Gasteiger partial charge in [0, 0.05) is 25.2 Å². The molecule has 0 amide bonds. The van der Waals surface area contributed by atoms with Gasteiger partial charge in [0.2, 0.25) is 0 Å². The fraction of sp³-hybridized carbons (Fsp3) is 1.00. The molecule has 0 bridgehead atoms. The van der Waals surface area contributed by atoms with Crippen molar-refractivity contribution in [1.82, 2.24) is 10.2 Å². The normalized spacial score (nSPS) is 29.1. The maximum absolute atomic E-state index is 3.83. The van der Waals surface area contributed by atoms with Crippen LogP contribution in [0.15, 0.2) is 0 Å². The number of unbranched alkanes of at least 4 members (excludes halogenated alkanes) is 3. The quantitative estimate of drug-likeness (QED) is 0.674. The van der Waals surface area contributed by atoms with Gasteiger partial charge in [-0.25, -0.2) is 0 Å². The maximum Gasteiger partial charge on any atom is 0.0224 e. The van der Waals surface area contributed by atoms with Crippen molar-refractivity contribution >= 4 is 0 Å². The summed E-state index contributed by atoms with van der Waals surface area (Å²) in [5.41, 5.74) is 0. The van der Waals surface area contributed by atoms with Crippen molar-refractivity contribution < 1.29 is 0 Å². The molecule has 2 atom stereocenters. The van der Waals surface area contributed by atoms with Gasteiger partial charge in [-0.05, 0) is 44.1 Å². The van der Waals surface area contributed by atoms with Crippen LogP contribution < -0.4 is 5.32 Å². The van der Waals surface area contributed by atoms with E-state index in [4.69, 9.17) is 0 Å². The average Bonchev–Trinajstić information content (AvgIpc) is 3.20. The zero-order valence-electron chi connectivity index (χ0n) is 13.3. The predicted molar refractivity (Wildman–Crippen MR) is 83.5 cm³/mol. The molecule has 2 heteroatoms. The van der Waals surface area contributed by atoms with E-state index in [1.165, 1.54) is 64.6 Å². The van der Waals surface area contributed by atoms with Gasteiger partial charge in [-0.3, -0.25) is 4.90 Å². The zero-order valence-corrected chi connectivity index (χ0v) is 13.3. The van der Waals surface area contributed by atoms with Gasteiger partial charge in [0.05, 0.1) is 0 Å². The zero-order chi connectivity index (χ0) is 13.7. The Balaban J connectivity index is 1.79. The summed E-state index contributed by atoms with van der Waals surface area (Å²) in [6.07, 6.45) is 9.88. The Morgan fingerprint density at radius 2 is 1.95 bits per heavy atom. The first kappa shape index (κ1) is 15.3. The first-order chi connectivity index (χ1) is 9.20. The molecule has 2 rings (SSSR count). The predicted octanol–water partition coefficient (Wildman–Crippen LogP) is 3.67. The van der Waals surface area contributed by atoms with Gasteiger partial charge in [0.1, 0.15) is 0 Å². The number of nitrogens with zero attached hydrogens (tertiary/aromatic N) is 1. The third kappa shape index (κ3) is 5.07. The highest BCUT2D eigenvalue weighted by atomic mass is 15.2. The van der Waals surface area contributed by atoms with Crippen LogP contribution in [0.25, 0.3) is 0 Å². The van der Waals surface area contributed by atoms with Crippen molar-refractivity contribution in [2.75, 3.05) is 19.6 Å². The molecule has 0 aromatic rings. The molecular weight excluding hydrogens is 232 g/mol. The van der Waals surface area contributed by atoms with Gasteiger partial charge in [0.15, 0.2) is 0 Å². The van der Waals surface area contributed by atoms with E-state index in [9.17, 15) is 0 Å². The topological polar surface area (TPSA) is 15.3 Å². The summed E-state index contributed by atoms with van der Waals surface area (Å²) in [4.78, 5) is 2.81. The van der Waals surface area contributed by atoms with Crippen LogP contribution in [0.4, 0.5) is 0 Å². The Labute approximate surface area is 120 Å². The summed E-state index contributed by atoms with van der Waals surface area (Å²) < 4.78 is 0. The van der Waals surface area contributed by atoms with Crippen LogP contribution in [0.5, 0.6) is 0 Å². The minimum absolute atomic E-state index is 0.789. The largest absolute Gasteiger partial charge is 0.311 e. The molecular formula is C17H34N2. The second-order valence-corrected chi connectivity index (χ2v) is 7.19. The number of piperazine rings is 1. The lowest BCUT2D eigenvalue weighted by Crippen LogP contribution is -2.57. The lowest BCUT2D eigenvalue weighted by Gasteiger charge is -2.41. The third-order valence-electron chi connectivity index (χ3n) is 4.80. The van der Waals surface area contributed by atoms with Crippen LogP contribution >= 0.6 is 0 Å². The van der Waals surface area contributed by atoms with Gasteiger partial charge in [-0.1, -0.05) is 40.0 Å². The molecule has 2 aliphatic rings. The Bertz CT molecular complexity index is 248. The SMILES string of the molecule is CCCCCCN1CC(C2CC2)NCC1CC(C)C. The van der Waals surface area contributed by atoms with Crippen molar-refractivity contribution in [3.63, 3.8) is 0 Å². The lowest BCUT2D eigenvalue weighted by atomic mass is 9.97. The number of hydrogen-bond donors (Lipinski definition) is 1. The van der Waals surface area contributed by atoms with Crippen molar-refractivity contribution in [3.05, 3.63) is 0 Å². The van der Waals surface area contributed by atoms with Crippen molar-refractivity contribution in [1.29, 1.82) is 0 Å². The molecule has 19 heavy (non-hydrogen) atoms. The maximum atomic E-state index is 3.83. The first-order valence-electron chi connectivity index (χ1n) is 8.68. The van der Waals surface area contributed by atoms with Crippen LogP contribution in [0.1, 0.15) is 65.7 Å². The Kier molecular flexibility index (Phi) is 6.15. The molecule has 0 aromatic heterocycles. The number of rotatable bonds is 8. The van der Waals surface area contributed by atoms with E-state index in [0.717, 1.165) is 23.9 Å². The second kappa shape index (κ2) is 7.64. The lowest BCUT2D eigenvalue weighted by molar-refractivity contribution is 0.105. The molecule has 1 aliphatic carbocycles. The average molecular weight is 266 g/mol. The summed E-state index contributed by atoms with van der Waals surface area (Å²) >= 11 is 0.